The molecule has 0 spiro atoms. The van der Waals surface area contributed by atoms with Crippen LogP contribution in [0.4, 0.5) is 11.4 Å². The number of aryl methyl sites for hydroxylation is 1. The third-order valence-corrected chi connectivity index (χ3v) is 3.75. The van der Waals surface area contributed by atoms with Crippen LogP contribution in [0, 0.1) is 5.21 Å². The molecule has 0 amide bonds. The van der Waals surface area contributed by atoms with E-state index in [0.29, 0.717) is 16.2 Å². The van der Waals surface area contributed by atoms with Gasteiger partial charge in [-0.25, -0.2) is 0 Å². The molecule has 0 aliphatic rings. The number of nitrogens with zero attached hydrogens (tertiary/aromatic N) is 2. The molecule has 0 aliphatic heterocycles. The molecule has 2 aromatic rings. The van der Waals surface area contributed by atoms with Crippen LogP contribution in [-0.2, 0) is 6.42 Å². The Bertz CT molecular complexity index is 619. The minimum Gasteiger partial charge on any atom is -0.594 e. The van der Waals surface area contributed by atoms with Crippen molar-refractivity contribution in [1.82, 2.24) is 0 Å². The number of methoxy groups -OCH3 is 1. The fraction of sp³-hybridized carbons (Fsp3) is 0.368. The Morgan fingerprint density at radius 3 is 2.26 bits per heavy atom. The van der Waals surface area contributed by atoms with Crippen molar-refractivity contribution in [2.24, 2.45) is 5.11 Å². The lowest BCUT2D eigenvalue weighted by atomic mass is 10.1. The molecule has 0 aliphatic carbocycles. The Hall–Kier alpha value is -2.36. The van der Waals surface area contributed by atoms with E-state index in [1.807, 2.05) is 24.3 Å². The predicted molar refractivity (Wildman–Crippen MR) is 92.7 cm³/mol. The van der Waals surface area contributed by atoms with Crippen molar-refractivity contribution in [3.8, 4) is 5.75 Å². The lowest BCUT2D eigenvalue weighted by Gasteiger charge is -2.03. The highest BCUT2D eigenvalue weighted by molar-refractivity contribution is 5.39. The van der Waals surface area contributed by atoms with Crippen molar-refractivity contribution >= 4 is 11.4 Å². The Morgan fingerprint density at radius 1 is 0.957 bits per heavy atom. The van der Waals surface area contributed by atoms with Crippen LogP contribution in [0.25, 0.3) is 0 Å². The Morgan fingerprint density at radius 2 is 1.65 bits per heavy atom. The molecule has 4 heteroatoms. The summed E-state index contributed by atoms with van der Waals surface area (Å²) in [7, 11) is 1.60. The number of unbranched alkanes of at least 4 members (excludes halogenated alkanes) is 3. The summed E-state index contributed by atoms with van der Waals surface area (Å²) in [6.45, 7) is 2.22. The van der Waals surface area contributed by atoms with E-state index in [-0.39, 0.29) is 0 Å². The van der Waals surface area contributed by atoms with E-state index in [1.165, 1.54) is 31.2 Å². The highest BCUT2D eigenvalue weighted by Crippen LogP contribution is 2.21. The number of hydrogen-bond donors (Lipinski definition) is 0. The monoisotopic (exact) mass is 312 g/mol. The molecule has 0 unspecified atom stereocenters. The number of hydrogen-bond acceptors (Lipinski definition) is 3. The lowest BCUT2D eigenvalue weighted by Crippen LogP contribution is -1.91. The van der Waals surface area contributed by atoms with Gasteiger partial charge in [0.2, 0.25) is 5.69 Å². The van der Waals surface area contributed by atoms with E-state index in [9.17, 15) is 5.21 Å². The van der Waals surface area contributed by atoms with Crippen LogP contribution in [-0.4, -0.2) is 12.0 Å². The van der Waals surface area contributed by atoms with Crippen LogP contribution < -0.4 is 4.74 Å². The molecule has 0 radical (unpaired) electrons. The van der Waals surface area contributed by atoms with Crippen molar-refractivity contribution in [2.45, 2.75) is 39.0 Å². The number of ether oxygens (including phenoxy) is 1. The zero-order chi connectivity index (χ0) is 16.5. The molecule has 2 aromatic carbocycles. The van der Waals surface area contributed by atoms with Gasteiger partial charge < -0.3 is 9.94 Å². The zero-order valence-corrected chi connectivity index (χ0v) is 13.9. The molecule has 0 N–H and O–H groups in total. The first-order valence-corrected chi connectivity index (χ1v) is 8.15. The van der Waals surface area contributed by atoms with Crippen LogP contribution in [0.15, 0.2) is 53.6 Å². The summed E-state index contributed by atoms with van der Waals surface area (Å²) >= 11 is 0. The van der Waals surface area contributed by atoms with Crippen LogP contribution in [0.1, 0.15) is 38.2 Å². The molecule has 0 saturated carbocycles. The highest BCUT2D eigenvalue weighted by Gasteiger charge is 2.04. The molecular formula is C19H24N2O2. The van der Waals surface area contributed by atoms with Crippen LogP contribution in [0.3, 0.4) is 0 Å². The van der Waals surface area contributed by atoms with Crippen LogP contribution >= 0.6 is 0 Å². The fourth-order valence-corrected chi connectivity index (χ4v) is 2.36. The molecule has 0 aromatic heterocycles. The van der Waals surface area contributed by atoms with Gasteiger partial charge in [-0.05, 0) is 42.7 Å². The third kappa shape index (κ3) is 5.40. The molecule has 0 fully saturated rings. The normalized spacial score (nSPS) is 11.5. The maximum atomic E-state index is 12.1. The van der Waals surface area contributed by atoms with E-state index in [1.54, 1.807) is 31.4 Å². The van der Waals surface area contributed by atoms with E-state index < -0.39 is 0 Å². The highest BCUT2D eigenvalue weighted by atomic mass is 16.5. The van der Waals surface area contributed by atoms with Crippen LogP contribution in [0.2, 0.25) is 0 Å². The summed E-state index contributed by atoms with van der Waals surface area (Å²) < 4.78 is 5.08. The van der Waals surface area contributed by atoms with Gasteiger partial charge in [-0.1, -0.05) is 43.2 Å². The van der Waals surface area contributed by atoms with Gasteiger partial charge in [0, 0.05) is 17.2 Å². The maximum absolute atomic E-state index is 12.1. The second kappa shape index (κ2) is 8.93. The van der Waals surface area contributed by atoms with Crippen molar-refractivity contribution in [1.29, 1.82) is 0 Å². The summed E-state index contributed by atoms with van der Waals surface area (Å²) in [6, 6.07) is 14.8. The largest absolute Gasteiger partial charge is 0.594 e. The number of rotatable bonds is 8. The Kier molecular flexibility index (Phi) is 6.60. The molecule has 2 rings (SSSR count). The van der Waals surface area contributed by atoms with Crippen molar-refractivity contribution in [2.75, 3.05) is 7.11 Å². The maximum Gasteiger partial charge on any atom is 0.245 e. The third-order valence-electron chi connectivity index (χ3n) is 3.75. The molecule has 23 heavy (non-hydrogen) atoms. The van der Waals surface area contributed by atoms with Gasteiger partial charge in [-0.15, -0.1) is 0 Å². The summed E-state index contributed by atoms with van der Waals surface area (Å²) in [4.78, 5) is 0.635. The molecule has 0 saturated heterocycles. The topological polar surface area (TPSA) is 47.7 Å². The minimum atomic E-state index is 0.481. The van der Waals surface area contributed by atoms with E-state index in [2.05, 4.69) is 12.0 Å². The summed E-state index contributed by atoms with van der Waals surface area (Å²) in [5.41, 5.74) is 2.43. The second-order valence-electron chi connectivity index (χ2n) is 5.55. The Labute approximate surface area is 138 Å². The lowest BCUT2D eigenvalue weighted by molar-refractivity contribution is -0.435. The predicted octanol–water partition coefficient (Wildman–Crippen LogP) is 5.74. The smallest absolute Gasteiger partial charge is 0.245 e. The molecule has 122 valence electrons. The first kappa shape index (κ1) is 17.0. The number of benzene rings is 2. The molecule has 0 atom stereocenters. The zero-order valence-electron chi connectivity index (χ0n) is 13.9. The quantitative estimate of drug-likeness (QED) is 0.270. The summed E-state index contributed by atoms with van der Waals surface area (Å²) in [6.07, 6.45) is 6.11. The summed E-state index contributed by atoms with van der Waals surface area (Å²) in [5.74, 6) is 0.717. The van der Waals surface area contributed by atoms with E-state index >= 15 is 0 Å². The number of azo groups is 1. The van der Waals surface area contributed by atoms with E-state index in [4.69, 9.17) is 4.74 Å². The minimum absolute atomic E-state index is 0.481. The first-order chi connectivity index (χ1) is 11.2. The van der Waals surface area contributed by atoms with Gasteiger partial charge in [-0.3, -0.25) is 0 Å². The van der Waals surface area contributed by atoms with Crippen molar-refractivity contribution in [3.05, 3.63) is 59.3 Å². The van der Waals surface area contributed by atoms with Crippen LogP contribution in [0.5, 0.6) is 5.75 Å². The van der Waals surface area contributed by atoms with Gasteiger partial charge in [0.05, 0.1) is 7.11 Å². The van der Waals surface area contributed by atoms with Gasteiger partial charge >= 0.3 is 0 Å². The van der Waals surface area contributed by atoms with Crippen molar-refractivity contribution < 1.29 is 9.60 Å². The fourth-order valence-electron chi connectivity index (χ4n) is 2.36. The Balaban J connectivity index is 1.97. The average molecular weight is 312 g/mol. The summed E-state index contributed by atoms with van der Waals surface area (Å²) in [5, 5.41) is 16.1. The molecule has 4 nitrogen and oxygen atoms in total. The van der Waals surface area contributed by atoms with E-state index in [0.717, 1.165) is 12.2 Å². The SMILES string of the molecule is CCCCCCc1ccc(N=[N+]([O-])c2ccc(OC)cc2)cc1. The van der Waals surface area contributed by atoms with Gasteiger partial charge in [0.25, 0.3) is 0 Å². The van der Waals surface area contributed by atoms with Gasteiger partial charge in [0.1, 0.15) is 11.4 Å². The van der Waals surface area contributed by atoms with Gasteiger partial charge in [0.15, 0.2) is 0 Å². The standard InChI is InChI=1S/C19H24N2O2/c1-3-4-5-6-7-16-8-10-17(11-9-16)20-21(22)18-12-14-19(23-2)15-13-18/h8-15H,3-7H2,1-2H3. The molecular weight excluding hydrogens is 288 g/mol. The average Bonchev–Trinajstić information content (AvgIpc) is 2.60. The molecule has 0 bridgehead atoms. The van der Waals surface area contributed by atoms with Gasteiger partial charge in [-0.2, -0.15) is 0 Å². The van der Waals surface area contributed by atoms with Crippen molar-refractivity contribution in [3.63, 3.8) is 0 Å². The first-order valence-electron chi connectivity index (χ1n) is 8.15. The molecule has 0 heterocycles. The second-order valence-corrected chi connectivity index (χ2v) is 5.55.